The van der Waals surface area contributed by atoms with E-state index in [4.69, 9.17) is 5.73 Å². The van der Waals surface area contributed by atoms with Gasteiger partial charge in [0, 0.05) is 30.5 Å². The number of hydrogen-bond donors (Lipinski definition) is 2. The van der Waals surface area contributed by atoms with Crippen molar-refractivity contribution in [2.45, 2.75) is 71.5 Å². The number of carbonyl (C=O) groups is 1. The van der Waals surface area contributed by atoms with Gasteiger partial charge in [0.1, 0.15) is 5.78 Å². The summed E-state index contributed by atoms with van der Waals surface area (Å²) >= 11 is 0. The van der Waals surface area contributed by atoms with E-state index in [0.717, 1.165) is 12.3 Å². The van der Waals surface area contributed by atoms with Crippen LogP contribution in [0.4, 0.5) is 0 Å². The summed E-state index contributed by atoms with van der Waals surface area (Å²) in [5.74, 6) is 2.36. The number of piperidine rings is 1. The molecule has 0 bridgehead atoms. The van der Waals surface area contributed by atoms with Gasteiger partial charge in [0.25, 0.3) is 0 Å². The Hall–Kier alpha value is -0.410. The highest BCUT2D eigenvalue weighted by molar-refractivity contribution is 5.84. The molecule has 114 valence electrons. The molecule has 0 aromatic rings. The van der Waals surface area contributed by atoms with E-state index in [1.165, 1.54) is 12.8 Å². The van der Waals surface area contributed by atoms with Crippen molar-refractivity contribution in [1.82, 2.24) is 5.32 Å². The van der Waals surface area contributed by atoms with Crippen molar-refractivity contribution in [2.24, 2.45) is 34.8 Å². The molecule has 0 aromatic heterocycles. The first kappa shape index (κ1) is 14.5. The van der Waals surface area contributed by atoms with Crippen LogP contribution < -0.4 is 11.1 Å². The molecule has 3 fully saturated rings. The van der Waals surface area contributed by atoms with E-state index >= 15 is 0 Å². The number of carbonyl (C=O) groups excluding carboxylic acids is 1. The van der Waals surface area contributed by atoms with E-state index in [9.17, 15) is 4.79 Å². The average Bonchev–Trinajstić information content (AvgIpc) is 2.28. The summed E-state index contributed by atoms with van der Waals surface area (Å²) in [6.07, 6.45) is 4.26. The highest BCUT2D eigenvalue weighted by Gasteiger charge is 2.52. The molecule has 3 heteroatoms. The van der Waals surface area contributed by atoms with Gasteiger partial charge in [-0.15, -0.1) is 0 Å². The molecule has 20 heavy (non-hydrogen) atoms. The second-order valence-electron chi connectivity index (χ2n) is 8.63. The lowest BCUT2D eigenvalue weighted by Crippen LogP contribution is -2.69. The Kier molecular flexibility index (Phi) is 3.49. The van der Waals surface area contributed by atoms with Crippen LogP contribution in [0.1, 0.15) is 53.4 Å². The molecular formula is C17H30N2O. The molecule has 0 aromatic carbocycles. The first-order chi connectivity index (χ1) is 9.28. The molecule has 2 aliphatic carbocycles. The Morgan fingerprint density at radius 1 is 1.25 bits per heavy atom. The Morgan fingerprint density at radius 3 is 2.65 bits per heavy atom. The number of Topliss-reactive ketones (excluding diaryl/α,β-unsaturated/α-hetero) is 1. The van der Waals surface area contributed by atoms with E-state index < -0.39 is 0 Å². The van der Waals surface area contributed by atoms with Crippen LogP contribution in [0.5, 0.6) is 0 Å². The van der Waals surface area contributed by atoms with Gasteiger partial charge in [-0.25, -0.2) is 0 Å². The second-order valence-corrected chi connectivity index (χ2v) is 8.63. The lowest BCUT2D eigenvalue weighted by atomic mass is 9.58. The van der Waals surface area contributed by atoms with Crippen LogP contribution in [0, 0.1) is 29.1 Å². The first-order valence-electron chi connectivity index (χ1n) is 8.33. The number of ketones is 1. The minimum Gasteiger partial charge on any atom is -0.327 e. The predicted octanol–water partition coefficient (Wildman–Crippen LogP) is 2.34. The fourth-order valence-corrected chi connectivity index (χ4v) is 5.36. The van der Waals surface area contributed by atoms with Crippen molar-refractivity contribution in [3.63, 3.8) is 0 Å². The number of nitrogens with two attached hydrogens (primary N) is 1. The van der Waals surface area contributed by atoms with Crippen LogP contribution in [-0.4, -0.2) is 23.9 Å². The zero-order valence-electron chi connectivity index (χ0n) is 13.4. The molecule has 7 atom stereocenters. The van der Waals surface area contributed by atoms with Crippen LogP contribution >= 0.6 is 0 Å². The molecule has 7 unspecified atom stereocenters. The standard InChI is InChI=1S/C17H30N2O/c1-9-5-10(2)16-11(6-9)15(18)14-12(19-16)7-17(3,4)8-13(14)20/h9-12,14-16,19H,5-8,18H2,1-4H3. The number of nitrogens with one attached hydrogen (secondary N) is 1. The fraction of sp³-hybridized carbons (Fsp3) is 0.941. The maximum Gasteiger partial charge on any atom is 0.139 e. The van der Waals surface area contributed by atoms with E-state index in [2.05, 4.69) is 33.0 Å². The number of hydrogen-bond acceptors (Lipinski definition) is 3. The van der Waals surface area contributed by atoms with Crippen LogP contribution in [-0.2, 0) is 4.79 Å². The van der Waals surface area contributed by atoms with E-state index in [1.54, 1.807) is 0 Å². The summed E-state index contributed by atoms with van der Waals surface area (Å²) in [4.78, 5) is 12.6. The fourth-order valence-electron chi connectivity index (χ4n) is 5.36. The Morgan fingerprint density at radius 2 is 1.95 bits per heavy atom. The predicted molar refractivity (Wildman–Crippen MR) is 81.3 cm³/mol. The van der Waals surface area contributed by atoms with Gasteiger partial charge in [0.2, 0.25) is 0 Å². The van der Waals surface area contributed by atoms with Gasteiger partial charge < -0.3 is 11.1 Å². The summed E-state index contributed by atoms with van der Waals surface area (Å²) in [6.45, 7) is 9.11. The van der Waals surface area contributed by atoms with Gasteiger partial charge >= 0.3 is 0 Å². The van der Waals surface area contributed by atoms with Gasteiger partial charge in [-0.05, 0) is 42.4 Å². The highest BCUT2D eigenvalue weighted by atomic mass is 16.1. The second kappa shape index (κ2) is 4.81. The summed E-state index contributed by atoms with van der Waals surface area (Å²) in [5.41, 5.74) is 6.71. The molecule has 3 aliphatic rings. The topological polar surface area (TPSA) is 55.1 Å². The van der Waals surface area contributed by atoms with Crippen molar-refractivity contribution < 1.29 is 4.79 Å². The Labute approximate surface area is 123 Å². The third-order valence-corrected chi connectivity index (χ3v) is 6.07. The molecule has 3 N–H and O–H groups in total. The molecule has 1 aliphatic heterocycles. The third-order valence-electron chi connectivity index (χ3n) is 6.07. The SMILES string of the molecule is CC1CC(C)C2NC3CC(C)(C)CC(=O)C3C(N)C2C1. The van der Waals surface area contributed by atoms with E-state index in [-0.39, 0.29) is 17.4 Å². The maximum absolute atomic E-state index is 12.6. The quantitative estimate of drug-likeness (QED) is 0.715. The molecule has 0 amide bonds. The van der Waals surface area contributed by atoms with Crippen LogP contribution in [0.25, 0.3) is 0 Å². The highest BCUT2D eigenvalue weighted by Crippen LogP contribution is 2.45. The molecule has 1 heterocycles. The minimum absolute atomic E-state index is 0.0572. The average molecular weight is 278 g/mol. The molecule has 1 saturated heterocycles. The van der Waals surface area contributed by atoms with Crippen molar-refractivity contribution in [1.29, 1.82) is 0 Å². The Balaban J connectivity index is 1.86. The van der Waals surface area contributed by atoms with Crippen molar-refractivity contribution in [3.05, 3.63) is 0 Å². The molecule has 3 rings (SSSR count). The molecular weight excluding hydrogens is 248 g/mol. The normalized spacial score (nSPS) is 51.2. The summed E-state index contributed by atoms with van der Waals surface area (Å²) in [5, 5.41) is 3.84. The molecule has 2 saturated carbocycles. The minimum atomic E-state index is 0.0572. The molecule has 0 spiro atoms. The van der Waals surface area contributed by atoms with Gasteiger partial charge in [-0.2, -0.15) is 0 Å². The van der Waals surface area contributed by atoms with Crippen LogP contribution in [0.15, 0.2) is 0 Å². The lowest BCUT2D eigenvalue weighted by molar-refractivity contribution is -0.134. The smallest absolute Gasteiger partial charge is 0.139 e. The van der Waals surface area contributed by atoms with Crippen molar-refractivity contribution in [3.8, 4) is 0 Å². The number of fused-ring (bicyclic) bond motifs is 2. The van der Waals surface area contributed by atoms with Gasteiger partial charge in [0.15, 0.2) is 0 Å². The monoisotopic (exact) mass is 278 g/mol. The van der Waals surface area contributed by atoms with Crippen molar-refractivity contribution in [2.75, 3.05) is 0 Å². The summed E-state index contributed by atoms with van der Waals surface area (Å²) in [6, 6.07) is 0.891. The summed E-state index contributed by atoms with van der Waals surface area (Å²) in [7, 11) is 0. The van der Waals surface area contributed by atoms with E-state index in [0.29, 0.717) is 36.1 Å². The molecule has 3 nitrogen and oxygen atoms in total. The van der Waals surface area contributed by atoms with E-state index in [1.807, 2.05) is 0 Å². The zero-order chi connectivity index (χ0) is 14.7. The van der Waals surface area contributed by atoms with Gasteiger partial charge in [-0.3, -0.25) is 4.79 Å². The molecule has 0 radical (unpaired) electrons. The van der Waals surface area contributed by atoms with Crippen LogP contribution in [0.2, 0.25) is 0 Å². The van der Waals surface area contributed by atoms with Gasteiger partial charge in [0.05, 0.1) is 0 Å². The summed E-state index contributed by atoms with van der Waals surface area (Å²) < 4.78 is 0. The van der Waals surface area contributed by atoms with Crippen molar-refractivity contribution >= 4 is 5.78 Å². The van der Waals surface area contributed by atoms with Crippen LogP contribution in [0.3, 0.4) is 0 Å². The maximum atomic E-state index is 12.6. The van der Waals surface area contributed by atoms with Gasteiger partial charge in [-0.1, -0.05) is 27.7 Å². The zero-order valence-corrected chi connectivity index (χ0v) is 13.4. The Bertz CT molecular complexity index is 406. The first-order valence-corrected chi connectivity index (χ1v) is 8.33. The number of rotatable bonds is 0. The third kappa shape index (κ3) is 2.33. The largest absolute Gasteiger partial charge is 0.327 e. The lowest BCUT2D eigenvalue weighted by Gasteiger charge is -2.55.